The van der Waals surface area contributed by atoms with Gasteiger partial charge in [-0.3, -0.25) is 9.71 Å². The number of benzene rings is 1. The molecule has 3 rings (SSSR count). The molecule has 0 spiro atoms. The second-order valence-electron chi connectivity index (χ2n) is 5.20. The predicted molar refractivity (Wildman–Crippen MR) is 85.2 cm³/mol. The maximum absolute atomic E-state index is 12.6. The zero-order chi connectivity index (χ0) is 15.7. The normalized spacial score (nSPS) is 12.0. The lowest BCUT2D eigenvalue weighted by Crippen LogP contribution is -2.19. The quantitative estimate of drug-likeness (QED) is 0.803. The second kappa shape index (κ2) is 5.42. The fraction of sp³-hybridized carbons (Fsp3) is 0.200. The Bertz CT molecular complexity index is 911. The molecule has 0 bridgehead atoms. The number of hydrogen-bond donors (Lipinski definition) is 1. The average molecular weight is 316 g/mol. The van der Waals surface area contributed by atoms with Gasteiger partial charge < -0.3 is 4.57 Å². The number of sulfonamides is 1. The Labute approximate surface area is 128 Å². The molecule has 1 N–H and O–H groups in total. The Morgan fingerprint density at radius 1 is 1.09 bits per heavy atom. The molecule has 0 fully saturated rings. The molecule has 0 amide bonds. The molecule has 0 aliphatic rings. The highest BCUT2D eigenvalue weighted by Crippen LogP contribution is 2.24. The highest BCUT2D eigenvalue weighted by molar-refractivity contribution is 7.92. The number of nitrogens with zero attached hydrogens (tertiary/aromatic N) is 3. The second-order valence-corrected chi connectivity index (χ2v) is 6.77. The standard InChI is InChI=1S/C15H16N4O2S/c1-11(2)19-10-9-17-15(19)22(20,21)18-13-7-3-5-12-6-4-8-16-14(12)13/h3-11,18H,1-2H3. The van der Waals surface area contributed by atoms with Crippen LogP contribution in [0.5, 0.6) is 0 Å². The van der Waals surface area contributed by atoms with Crippen LogP contribution in [0.1, 0.15) is 19.9 Å². The molecule has 0 atom stereocenters. The fourth-order valence-corrected chi connectivity index (χ4v) is 3.57. The van der Waals surface area contributed by atoms with E-state index in [2.05, 4.69) is 14.7 Å². The lowest BCUT2D eigenvalue weighted by atomic mass is 10.2. The van der Waals surface area contributed by atoms with Gasteiger partial charge in [-0.1, -0.05) is 18.2 Å². The average Bonchev–Trinajstić information content (AvgIpc) is 2.98. The Morgan fingerprint density at radius 2 is 1.86 bits per heavy atom. The van der Waals surface area contributed by atoms with Crippen molar-refractivity contribution in [3.63, 3.8) is 0 Å². The molecule has 22 heavy (non-hydrogen) atoms. The monoisotopic (exact) mass is 316 g/mol. The number of rotatable bonds is 4. The number of para-hydroxylation sites is 1. The molecule has 6 nitrogen and oxygen atoms in total. The molecule has 0 saturated heterocycles. The fourth-order valence-electron chi connectivity index (χ4n) is 2.28. The van der Waals surface area contributed by atoms with Crippen LogP contribution in [0, 0.1) is 0 Å². The van der Waals surface area contributed by atoms with E-state index in [9.17, 15) is 8.42 Å². The van der Waals surface area contributed by atoms with Gasteiger partial charge in [0.25, 0.3) is 10.0 Å². The topological polar surface area (TPSA) is 76.9 Å². The third kappa shape index (κ3) is 2.55. The van der Waals surface area contributed by atoms with Gasteiger partial charge in [0.15, 0.2) is 0 Å². The molecule has 0 aliphatic carbocycles. The van der Waals surface area contributed by atoms with Gasteiger partial charge >= 0.3 is 0 Å². The summed E-state index contributed by atoms with van der Waals surface area (Å²) in [7, 11) is -3.78. The summed E-state index contributed by atoms with van der Waals surface area (Å²) in [5.74, 6) is 0. The molecule has 0 unspecified atom stereocenters. The molecule has 1 aromatic carbocycles. The van der Waals surface area contributed by atoms with Crippen LogP contribution in [0.15, 0.2) is 54.1 Å². The summed E-state index contributed by atoms with van der Waals surface area (Å²) < 4.78 is 29.4. The van der Waals surface area contributed by atoms with E-state index in [1.54, 1.807) is 29.1 Å². The number of pyridine rings is 1. The largest absolute Gasteiger partial charge is 0.318 e. The first kappa shape index (κ1) is 14.5. The van der Waals surface area contributed by atoms with Crippen molar-refractivity contribution < 1.29 is 8.42 Å². The molecular weight excluding hydrogens is 300 g/mol. The molecular formula is C15H16N4O2S. The maximum atomic E-state index is 12.6. The summed E-state index contributed by atoms with van der Waals surface area (Å²) in [5, 5.41) is 0.866. The van der Waals surface area contributed by atoms with Crippen LogP contribution in [-0.2, 0) is 10.0 Å². The Balaban J connectivity index is 2.06. The number of aromatic nitrogens is 3. The summed E-state index contributed by atoms with van der Waals surface area (Å²) in [6, 6.07) is 9.06. The zero-order valence-corrected chi connectivity index (χ0v) is 13.1. The van der Waals surface area contributed by atoms with E-state index in [1.807, 2.05) is 32.0 Å². The van der Waals surface area contributed by atoms with E-state index in [0.29, 0.717) is 11.2 Å². The van der Waals surface area contributed by atoms with Crippen molar-refractivity contribution in [3.8, 4) is 0 Å². The zero-order valence-electron chi connectivity index (χ0n) is 12.3. The Hall–Kier alpha value is -2.41. The van der Waals surface area contributed by atoms with Gasteiger partial charge in [-0.2, -0.15) is 8.42 Å². The van der Waals surface area contributed by atoms with Crippen molar-refractivity contribution >= 4 is 26.6 Å². The van der Waals surface area contributed by atoms with Gasteiger partial charge in [0, 0.05) is 30.0 Å². The van der Waals surface area contributed by atoms with E-state index in [0.717, 1.165) is 5.39 Å². The first-order valence-electron chi connectivity index (χ1n) is 6.88. The van der Waals surface area contributed by atoms with Crippen molar-refractivity contribution in [1.82, 2.24) is 14.5 Å². The smallest absolute Gasteiger partial charge is 0.296 e. The van der Waals surface area contributed by atoms with Crippen molar-refractivity contribution in [1.29, 1.82) is 0 Å². The third-order valence-corrected chi connectivity index (χ3v) is 4.59. The summed E-state index contributed by atoms with van der Waals surface area (Å²) in [5.41, 5.74) is 1.05. The summed E-state index contributed by atoms with van der Waals surface area (Å²) in [6.07, 6.45) is 4.77. The van der Waals surface area contributed by atoms with Crippen LogP contribution >= 0.6 is 0 Å². The van der Waals surface area contributed by atoms with E-state index in [4.69, 9.17) is 0 Å². The van der Waals surface area contributed by atoms with E-state index in [-0.39, 0.29) is 11.2 Å². The van der Waals surface area contributed by atoms with Crippen LogP contribution < -0.4 is 4.72 Å². The molecule has 2 heterocycles. The molecule has 0 saturated carbocycles. The van der Waals surface area contributed by atoms with Crippen LogP contribution in [0.3, 0.4) is 0 Å². The van der Waals surface area contributed by atoms with Crippen molar-refractivity contribution in [2.75, 3.05) is 4.72 Å². The minimum atomic E-state index is -3.78. The van der Waals surface area contributed by atoms with Crippen molar-refractivity contribution in [2.45, 2.75) is 25.0 Å². The molecule has 0 aliphatic heterocycles. The van der Waals surface area contributed by atoms with Crippen molar-refractivity contribution in [2.24, 2.45) is 0 Å². The van der Waals surface area contributed by atoms with E-state index in [1.165, 1.54) is 6.20 Å². The van der Waals surface area contributed by atoms with Gasteiger partial charge in [-0.05, 0) is 26.0 Å². The molecule has 2 aromatic heterocycles. The molecule has 3 aromatic rings. The summed E-state index contributed by atoms with van der Waals surface area (Å²) in [4.78, 5) is 8.23. The van der Waals surface area contributed by atoms with Gasteiger partial charge in [0.05, 0.1) is 11.2 Å². The van der Waals surface area contributed by atoms with Gasteiger partial charge in [-0.25, -0.2) is 4.98 Å². The minimum Gasteiger partial charge on any atom is -0.318 e. The minimum absolute atomic E-state index is 0.000262. The van der Waals surface area contributed by atoms with Gasteiger partial charge in [-0.15, -0.1) is 0 Å². The number of hydrogen-bond acceptors (Lipinski definition) is 4. The molecule has 114 valence electrons. The Morgan fingerprint density at radius 3 is 2.64 bits per heavy atom. The van der Waals surface area contributed by atoms with Crippen LogP contribution in [0.2, 0.25) is 0 Å². The van der Waals surface area contributed by atoms with Crippen molar-refractivity contribution in [3.05, 3.63) is 48.9 Å². The number of anilines is 1. The lowest BCUT2D eigenvalue weighted by molar-refractivity contribution is 0.522. The highest BCUT2D eigenvalue weighted by Gasteiger charge is 2.22. The van der Waals surface area contributed by atoms with Gasteiger partial charge in [0.1, 0.15) is 0 Å². The number of nitrogens with one attached hydrogen (secondary N) is 1. The van der Waals surface area contributed by atoms with Gasteiger partial charge in [0.2, 0.25) is 5.16 Å². The SMILES string of the molecule is CC(C)n1ccnc1S(=O)(=O)Nc1cccc2cccnc12. The number of imidazole rings is 1. The summed E-state index contributed by atoms with van der Waals surface area (Å²) in [6.45, 7) is 3.81. The molecule has 0 radical (unpaired) electrons. The van der Waals surface area contributed by atoms with Crippen LogP contribution in [0.4, 0.5) is 5.69 Å². The predicted octanol–water partition coefficient (Wildman–Crippen LogP) is 2.81. The number of fused-ring (bicyclic) bond motifs is 1. The molecule has 7 heteroatoms. The highest BCUT2D eigenvalue weighted by atomic mass is 32.2. The first-order chi connectivity index (χ1) is 10.5. The lowest BCUT2D eigenvalue weighted by Gasteiger charge is -2.13. The van der Waals surface area contributed by atoms with E-state index >= 15 is 0 Å². The van der Waals surface area contributed by atoms with E-state index < -0.39 is 10.0 Å². The van der Waals surface area contributed by atoms with Crippen LogP contribution in [-0.4, -0.2) is 23.0 Å². The maximum Gasteiger partial charge on any atom is 0.296 e. The third-order valence-electron chi connectivity index (χ3n) is 3.31. The van der Waals surface area contributed by atoms with Crippen LogP contribution in [0.25, 0.3) is 10.9 Å². The first-order valence-corrected chi connectivity index (χ1v) is 8.37. The summed E-state index contributed by atoms with van der Waals surface area (Å²) >= 11 is 0. The Kier molecular flexibility index (Phi) is 3.58.